The first-order chi connectivity index (χ1) is 16.2. The van der Waals surface area contributed by atoms with E-state index in [4.69, 9.17) is 34.8 Å². The number of hydrogen-bond acceptors (Lipinski definition) is 3. The van der Waals surface area contributed by atoms with Gasteiger partial charge in [0.05, 0.1) is 16.2 Å². The zero-order chi connectivity index (χ0) is 24.4. The second-order valence-corrected chi connectivity index (χ2v) is 8.56. The molecule has 0 atom stereocenters. The summed E-state index contributed by atoms with van der Waals surface area (Å²) in [5.41, 5.74) is 4.50. The molecule has 0 fully saturated rings. The molecule has 0 unspecified atom stereocenters. The van der Waals surface area contributed by atoms with E-state index in [0.29, 0.717) is 32.2 Å². The zero-order valence-corrected chi connectivity index (χ0v) is 19.9. The van der Waals surface area contributed by atoms with Crippen LogP contribution in [0.25, 0.3) is 10.9 Å². The molecule has 172 valence electrons. The highest BCUT2D eigenvalue weighted by atomic mass is 35.5. The molecule has 0 radical (unpaired) electrons. The van der Waals surface area contributed by atoms with Crippen LogP contribution in [-0.2, 0) is 9.59 Å². The molecule has 3 amide bonds. The average molecular weight is 516 g/mol. The lowest BCUT2D eigenvalue weighted by Crippen LogP contribution is -2.36. The molecule has 0 aliphatic carbocycles. The summed E-state index contributed by atoms with van der Waals surface area (Å²) in [6.07, 6.45) is 0. The van der Waals surface area contributed by atoms with E-state index in [1.165, 1.54) is 4.68 Å². The van der Waals surface area contributed by atoms with Gasteiger partial charge in [-0.05, 0) is 61.0 Å². The van der Waals surface area contributed by atoms with E-state index in [2.05, 4.69) is 16.1 Å². The van der Waals surface area contributed by atoms with Crippen LogP contribution in [0.2, 0.25) is 15.1 Å². The van der Waals surface area contributed by atoms with Crippen molar-refractivity contribution in [3.63, 3.8) is 0 Å². The largest absolute Gasteiger partial charge is 0.328 e. The first-order valence-electron chi connectivity index (χ1n) is 9.99. The van der Waals surface area contributed by atoms with Gasteiger partial charge in [0.2, 0.25) is 0 Å². The molecule has 0 aliphatic rings. The lowest BCUT2D eigenvalue weighted by Gasteiger charge is -2.14. The summed E-state index contributed by atoms with van der Waals surface area (Å²) in [6.45, 7) is 1.77. The van der Waals surface area contributed by atoms with E-state index in [1.54, 1.807) is 73.7 Å². The number of carbonyl (C=O) groups is 3. The molecule has 0 aliphatic heterocycles. The van der Waals surface area contributed by atoms with E-state index in [0.717, 1.165) is 0 Å². The van der Waals surface area contributed by atoms with E-state index in [9.17, 15) is 14.4 Å². The summed E-state index contributed by atoms with van der Waals surface area (Å²) in [4.78, 5) is 38.4. The first kappa shape index (κ1) is 23.6. The van der Waals surface area contributed by atoms with Crippen LogP contribution in [0.4, 0.5) is 11.4 Å². The predicted octanol–water partition coefficient (Wildman–Crippen LogP) is 5.87. The normalized spacial score (nSPS) is 10.7. The third-order valence-corrected chi connectivity index (χ3v) is 6.03. The Morgan fingerprint density at radius 2 is 1.47 bits per heavy atom. The molecule has 1 heterocycles. The fraction of sp³-hybridized carbons (Fsp3) is 0.0417. The summed E-state index contributed by atoms with van der Waals surface area (Å²) in [5.74, 6) is -2.48. The van der Waals surface area contributed by atoms with Crippen molar-refractivity contribution in [1.29, 1.82) is 0 Å². The van der Waals surface area contributed by atoms with Gasteiger partial charge in [-0.15, -0.1) is 0 Å². The Bertz CT molecular complexity index is 1450. The van der Waals surface area contributed by atoms with E-state index in [-0.39, 0.29) is 16.4 Å². The van der Waals surface area contributed by atoms with Crippen molar-refractivity contribution in [2.24, 2.45) is 0 Å². The number of rotatable bonds is 4. The van der Waals surface area contributed by atoms with Gasteiger partial charge in [-0.2, -0.15) is 0 Å². The summed E-state index contributed by atoms with van der Waals surface area (Å²) >= 11 is 18.3. The maximum Gasteiger partial charge on any atom is 0.328 e. The smallest absolute Gasteiger partial charge is 0.320 e. The summed E-state index contributed by atoms with van der Waals surface area (Å²) in [5, 5.41) is 7.05. The van der Waals surface area contributed by atoms with Crippen LogP contribution in [0, 0.1) is 6.92 Å². The van der Waals surface area contributed by atoms with Gasteiger partial charge < -0.3 is 10.6 Å². The summed E-state index contributed by atoms with van der Waals surface area (Å²) in [7, 11) is 0. The molecule has 4 rings (SSSR count). The summed E-state index contributed by atoms with van der Waals surface area (Å²) in [6, 6.07) is 18.1. The van der Waals surface area contributed by atoms with Gasteiger partial charge in [-0.25, -0.2) is 4.68 Å². The number of hydrogen-bond donors (Lipinski definition) is 3. The Morgan fingerprint density at radius 1 is 0.765 bits per heavy atom. The van der Waals surface area contributed by atoms with Crippen LogP contribution in [0.3, 0.4) is 0 Å². The number of para-hydroxylation sites is 1. The fourth-order valence-corrected chi connectivity index (χ4v) is 3.84. The SMILES string of the molecule is Cc1c(Cl)cccc1NC(=O)c1cc2cc(Cl)ccc2n1NC(=O)C(=O)Nc1ccccc1Cl. The van der Waals surface area contributed by atoms with Gasteiger partial charge in [-0.1, -0.05) is 53.0 Å². The third-order valence-electron chi connectivity index (χ3n) is 5.05. The molecule has 0 bridgehead atoms. The molecule has 3 aromatic carbocycles. The molecule has 10 heteroatoms. The number of nitrogens with zero attached hydrogens (tertiary/aromatic N) is 1. The van der Waals surface area contributed by atoms with Crippen molar-refractivity contribution in [3.8, 4) is 0 Å². The van der Waals surface area contributed by atoms with Gasteiger partial charge in [-0.3, -0.25) is 19.8 Å². The Hall–Kier alpha value is -3.52. The Labute approximate surface area is 209 Å². The predicted molar refractivity (Wildman–Crippen MR) is 136 cm³/mol. The van der Waals surface area contributed by atoms with Crippen molar-refractivity contribution in [3.05, 3.63) is 93.1 Å². The third kappa shape index (κ3) is 4.87. The first-order valence-corrected chi connectivity index (χ1v) is 11.1. The molecular formula is C24H17Cl3N4O3. The second-order valence-electron chi connectivity index (χ2n) is 7.31. The highest BCUT2D eigenvalue weighted by Crippen LogP contribution is 2.26. The minimum absolute atomic E-state index is 0.0792. The number of carbonyl (C=O) groups excluding carboxylic acids is 3. The van der Waals surface area contributed by atoms with Crippen molar-refractivity contribution in [2.45, 2.75) is 6.92 Å². The standard InChI is InChI=1S/C24H17Cl3N4O3/c1-13-16(26)6-4-8-18(13)28-22(32)21-12-14-11-15(25)9-10-20(14)31(21)30-24(34)23(33)29-19-7-3-2-5-17(19)27/h2-12H,1H3,(H,28,32)(H,29,33)(H,30,34). The Balaban J connectivity index is 1.66. The van der Waals surface area contributed by atoms with Crippen molar-refractivity contribution >= 4 is 74.8 Å². The monoisotopic (exact) mass is 514 g/mol. The van der Waals surface area contributed by atoms with E-state index < -0.39 is 17.7 Å². The molecular weight excluding hydrogens is 499 g/mol. The Morgan fingerprint density at radius 3 is 2.24 bits per heavy atom. The van der Waals surface area contributed by atoms with Gasteiger partial charge >= 0.3 is 11.8 Å². The second kappa shape index (κ2) is 9.77. The average Bonchev–Trinajstić information content (AvgIpc) is 3.15. The summed E-state index contributed by atoms with van der Waals surface area (Å²) < 4.78 is 1.23. The van der Waals surface area contributed by atoms with E-state index >= 15 is 0 Å². The lowest BCUT2D eigenvalue weighted by atomic mass is 10.2. The maximum absolute atomic E-state index is 13.2. The van der Waals surface area contributed by atoms with Crippen LogP contribution in [-0.4, -0.2) is 22.4 Å². The number of halogens is 3. The fourth-order valence-electron chi connectivity index (χ4n) is 3.30. The molecule has 4 aromatic rings. The van der Waals surface area contributed by atoms with Crippen molar-refractivity contribution in [2.75, 3.05) is 16.1 Å². The lowest BCUT2D eigenvalue weighted by molar-refractivity contribution is -0.133. The Kier molecular flexibility index (Phi) is 6.79. The molecule has 7 nitrogen and oxygen atoms in total. The van der Waals surface area contributed by atoms with Crippen LogP contribution >= 0.6 is 34.8 Å². The quantitative estimate of drug-likeness (QED) is 0.297. The van der Waals surface area contributed by atoms with Gasteiger partial charge in [0.15, 0.2) is 0 Å². The molecule has 0 saturated carbocycles. The van der Waals surface area contributed by atoms with Gasteiger partial charge in [0, 0.05) is 21.1 Å². The number of aromatic nitrogens is 1. The number of amides is 3. The van der Waals surface area contributed by atoms with Crippen molar-refractivity contribution in [1.82, 2.24) is 4.68 Å². The zero-order valence-electron chi connectivity index (χ0n) is 17.7. The van der Waals surface area contributed by atoms with Gasteiger partial charge in [0.1, 0.15) is 5.69 Å². The molecule has 3 N–H and O–H groups in total. The van der Waals surface area contributed by atoms with Crippen molar-refractivity contribution < 1.29 is 14.4 Å². The van der Waals surface area contributed by atoms with E-state index in [1.807, 2.05) is 0 Å². The molecule has 34 heavy (non-hydrogen) atoms. The minimum atomic E-state index is -1.000. The number of benzene rings is 3. The number of nitrogens with one attached hydrogen (secondary N) is 3. The number of fused-ring (bicyclic) bond motifs is 1. The highest BCUT2D eigenvalue weighted by Gasteiger charge is 2.22. The maximum atomic E-state index is 13.2. The highest BCUT2D eigenvalue weighted by molar-refractivity contribution is 6.44. The van der Waals surface area contributed by atoms with Crippen LogP contribution in [0.1, 0.15) is 16.1 Å². The van der Waals surface area contributed by atoms with Crippen LogP contribution in [0.5, 0.6) is 0 Å². The number of anilines is 2. The van der Waals surface area contributed by atoms with Crippen LogP contribution < -0.4 is 16.1 Å². The minimum Gasteiger partial charge on any atom is -0.320 e. The van der Waals surface area contributed by atoms with Gasteiger partial charge in [0.25, 0.3) is 5.91 Å². The topological polar surface area (TPSA) is 92.2 Å². The molecule has 0 spiro atoms. The van der Waals surface area contributed by atoms with Crippen LogP contribution in [0.15, 0.2) is 66.7 Å². The molecule has 1 aromatic heterocycles. The molecule has 0 saturated heterocycles.